The number of halogens is 1. The molecule has 1 unspecified atom stereocenters. The van der Waals surface area contributed by atoms with E-state index >= 15 is 0 Å². The molecule has 0 spiro atoms. The first-order chi connectivity index (χ1) is 8.22. The van der Waals surface area contributed by atoms with E-state index in [-0.39, 0.29) is 11.9 Å². The standard InChI is InChI=1S/C14H15FN2/c1-10-6-8-11(9-7-10)14(17-16)12-4-2-3-5-13(12)15/h2-9,14,17H,16H2,1H3. The van der Waals surface area contributed by atoms with Crippen molar-refractivity contribution in [2.45, 2.75) is 13.0 Å². The SMILES string of the molecule is Cc1ccc(C(NN)c2ccccc2F)cc1. The van der Waals surface area contributed by atoms with Crippen LogP contribution in [0.15, 0.2) is 48.5 Å². The lowest BCUT2D eigenvalue weighted by molar-refractivity contribution is 0.560. The highest BCUT2D eigenvalue weighted by atomic mass is 19.1. The van der Waals surface area contributed by atoms with E-state index in [2.05, 4.69) is 5.43 Å². The third-order valence-corrected chi connectivity index (χ3v) is 2.79. The number of hydrogen-bond acceptors (Lipinski definition) is 2. The fraction of sp³-hybridized carbons (Fsp3) is 0.143. The molecule has 2 nitrogen and oxygen atoms in total. The van der Waals surface area contributed by atoms with Crippen LogP contribution in [0.3, 0.4) is 0 Å². The van der Waals surface area contributed by atoms with E-state index < -0.39 is 0 Å². The molecule has 0 aliphatic rings. The zero-order valence-electron chi connectivity index (χ0n) is 9.65. The highest BCUT2D eigenvalue weighted by molar-refractivity contribution is 5.33. The van der Waals surface area contributed by atoms with E-state index in [4.69, 9.17) is 5.84 Å². The maximum atomic E-state index is 13.7. The van der Waals surface area contributed by atoms with Crippen molar-refractivity contribution in [3.8, 4) is 0 Å². The molecule has 1 atom stereocenters. The predicted octanol–water partition coefficient (Wildman–Crippen LogP) is 2.69. The molecule has 0 fully saturated rings. The van der Waals surface area contributed by atoms with Crippen molar-refractivity contribution < 1.29 is 4.39 Å². The van der Waals surface area contributed by atoms with Crippen LogP contribution in [0.5, 0.6) is 0 Å². The van der Waals surface area contributed by atoms with Crippen molar-refractivity contribution in [3.63, 3.8) is 0 Å². The molecule has 3 heteroatoms. The summed E-state index contributed by atoms with van der Waals surface area (Å²) in [6, 6.07) is 14.2. The number of hydrogen-bond donors (Lipinski definition) is 2. The van der Waals surface area contributed by atoms with Crippen LogP contribution in [0.4, 0.5) is 4.39 Å². The van der Waals surface area contributed by atoms with Crippen molar-refractivity contribution in [1.82, 2.24) is 5.43 Å². The van der Waals surface area contributed by atoms with Gasteiger partial charge in [0.2, 0.25) is 0 Å². The Balaban J connectivity index is 2.40. The first-order valence-corrected chi connectivity index (χ1v) is 5.49. The molecule has 0 radical (unpaired) electrons. The Hall–Kier alpha value is -1.71. The molecule has 0 aliphatic carbocycles. The van der Waals surface area contributed by atoms with Crippen LogP contribution >= 0.6 is 0 Å². The third kappa shape index (κ3) is 2.52. The van der Waals surface area contributed by atoms with Gasteiger partial charge in [-0.1, -0.05) is 48.0 Å². The molecule has 3 N–H and O–H groups in total. The number of aryl methyl sites for hydroxylation is 1. The fourth-order valence-corrected chi connectivity index (χ4v) is 1.83. The first-order valence-electron chi connectivity index (χ1n) is 5.49. The molecule has 0 saturated carbocycles. The van der Waals surface area contributed by atoms with Crippen LogP contribution in [0.25, 0.3) is 0 Å². The van der Waals surface area contributed by atoms with Crippen molar-refractivity contribution >= 4 is 0 Å². The zero-order chi connectivity index (χ0) is 12.3. The highest BCUT2D eigenvalue weighted by Gasteiger charge is 2.15. The summed E-state index contributed by atoms with van der Waals surface area (Å²) in [5, 5.41) is 0. The zero-order valence-corrected chi connectivity index (χ0v) is 9.65. The smallest absolute Gasteiger partial charge is 0.128 e. The summed E-state index contributed by atoms with van der Waals surface area (Å²) in [6.45, 7) is 2.01. The summed E-state index contributed by atoms with van der Waals surface area (Å²) in [7, 11) is 0. The topological polar surface area (TPSA) is 38.0 Å². The lowest BCUT2D eigenvalue weighted by Crippen LogP contribution is -2.29. The fourth-order valence-electron chi connectivity index (χ4n) is 1.83. The Morgan fingerprint density at radius 1 is 1.06 bits per heavy atom. The van der Waals surface area contributed by atoms with E-state index in [1.54, 1.807) is 18.2 Å². The van der Waals surface area contributed by atoms with Crippen molar-refractivity contribution in [2.24, 2.45) is 5.84 Å². The largest absolute Gasteiger partial charge is 0.271 e. The van der Waals surface area contributed by atoms with Gasteiger partial charge in [-0.2, -0.15) is 0 Å². The lowest BCUT2D eigenvalue weighted by atomic mass is 9.98. The average Bonchev–Trinajstić information content (AvgIpc) is 2.35. The second-order valence-electron chi connectivity index (χ2n) is 4.03. The van der Waals surface area contributed by atoms with Gasteiger partial charge in [-0.3, -0.25) is 5.84 Å². The first kappa shape index (κ1) is 11.8. The minimum atomic E-state index is -0.322. The normalized spacial score (nSPS) is 12.4. The number of benzene rings is 2. The second-order valence-corrected chi connectivity index (χ2v) is 4.03. The van der Waals surface area contributed by atoms with E-state index in [9.17, 15) is 4.39 Å². The quantitative estimate of drug-likeness (QED) is 0.628. The van der Waals surface area contributed by atoms with Gasteiger partial charge in [0.05, 0.1) is 6.04 Å². The average molecular weight is 230 g/mol. The van der Waals surface area contributed by atoms with Crippen LogP contribution in [-0.2, 0) is 0 Å². The summed E-state index contributed by atoms with van der Waals surface area (Å²) >= 11 is 0. The van der Waals surface area contributed by atoms with Crippen LogP contribution < -0.4 is 11.3 Å². The maximum Gasteiger partial charge on any atom is 0.128 e. The van der Waals surface area contributed by atoms with Crippen molar-refractivity contribution in [1.29, 1.82) is 0 Å². The summed E-state index contributed by atoms with van der Waals surface area (Å²) in [6.07, 6.45) is 0. The Labute approximate surface area is 100 Å². The van der Waals surface area contributed by atoms with E-state index in [1.165, 1.54) is 6.07 Å². The van der Waals surface area contributed by atoms with Crippen LogP contribution in [0.1, 0.15) is 22.7 Å². The van der Waals surface area contributed by atoms with Gasteiger partial charge in [-0.15, -0.1) is 0 Å². The molecule has 2 aromatic carbocycles. The van der Waals surface area contributed by atoms with E-state index in [1.807, 2.05) is 31.2 Å². The maximum absolute atomic E-state index is 13.7. The lowest BCUT2D eigenvalue weighted by Gasteiger charge is -2.17. The van der Waals surface area contributed by atoms with Crippen molar-refractivity contribution in [2.75, 3.05) is 0 Å². The molecule has 88 valence electrons. The number of nitrogens with one attached hydrogen (secondary N) is 1. The Kier molecular flexibility index (Phi) is 3.52. The number of rotatable bonds is 3. The second kappa shape index (κ2) is 5.08. The Bertz CT molecular complexity index is 494. The van der Waals surface area contributed by atoms with Gasteiger partial charge >= 0.3 is 0 Å². The Morgan fingerprint density at radius 3 is 2.29 bits per heavy atom. The van der Waals surface area contributed by atoms with Crippen LogP contribution in [0.2, 0.25) is 0 Å². The summed E-state index contributed by atoms with van der Waals surface area (Å²) in [4.78, 5) is 0. The van der Waals surface area contributed by atoms with E-state index in [0.29, 0.717) is 5.56 Å². The van der Waals surface area contributed by atoms with Crippen LogP contribution in [-0.4, -0.2) is 0 Å². The molecular formula is C14H15FN2. The molecule has 2 rings (SSSR count). The van der Waals surface area contributed by atoms with Gasteiger partial charge in [-0.25, -0.2) is 9.82 Å². The van der Waals surface area contributed by atoms with Crippen molar-refractivity contribution in [3.05, 3.63) is 71.0 Å². The molecule has 0 bridgehead atoms. The van der Waals surface area contributed by atoms with Gasteiger partial charge in [-0.05, 0) is 18.6 Å². The molecule has 0 saturated heterocycles. The molecule has 0 aromatic heterocycles. The van der Waals surface area contributed by atoms with Gasteiger partial charge in [0.1, 0.15) is 5.82 Å². The molecule has 0 amide bonds. The minimum absolute atomic E-state index is 0.254. The minimum Gasteiger partial charge on any atom is -0.271 e. The predicted molar refractivity (Wildman–Crippen MR) is 66.7 cm³/mol. The van der Waals surface area contributed by atoms with Crippen LogP contribution in [0, 0.1) is 12.7 Å². The molecular weight excluding hydrogens is 215 g/mol. The molecule has 0 heterocycles. The third-order valence-electron chi connectivity index (χ3n) is 2.79. The summed E-state index contributed by atoms with van der Waals surface area (Å²) < 4.78 is 13.7. The molecule has 17 heavy (non-hydrogen) atoms. The van der Waals surface area contributed by atoms with Gasteiger partial charge in [0, 0.05) is 5.56 Å². The monoisotopic (exact) mass is 230 g/mol. The molecule has 0 aliphatic heterocycles. The number of nitrogens with two attached hydrogens (primary N) is 1. The highest BCUT2D eigenvalue weighted by Crippen LogP contribution is 2.23. The molecule has 2 aromatic rings. The van der Waals surface area contributed by atoms with Gasteiger partial charge in [0.15, 0.2) is 0 Å². The van der Waals surface area contributed by atoms with Gasteiger partial charge in [0.25, 0.3) is 0 Å². The number of hydrazine groups is 1. The van der Waals surface area contributed by atoms with Gasteiger partial charge < -0.3 is 0 Å². The van der Waals surface area contributed by atoms with E-state index in [0.717, 1.165) is 11.1 Å². The summed E-state index contributed by atoms with van der Waals surface area (Å²) in [5.74, 6) is 5.27. The Morgan fingerprint density at radius 2 is 1.71 bits per heavy atom. The summed E-state index contributed by atoms with van der Waals surface area (Å²) in [5.41, 5.74) is 5.32.